The van der Waals surface area contributed by atoms with Crippen molar-refractivity contribution in [3.8, 4) is 0 Å². The second kappa shape index (κ2) is 5.71. The summed E-state index contributed by atoms with van der Waals surface area (Å²) in [6.07, 6.45) is 3.73. The molecule has 1 aromatic rings. The fourth-order valence-corrected chi connectivity index (χ4v) is 3.50. The third-order valence-corrected chi connectivity index (χ3v) is 5.06. The van der Waals surface area contributed by atoms with Crippen molar-refractivity contribution in [3.05, 3.63) is 28.8 Å². The van der Waals surface area contributed by atoms with Gasteiger partial charge in [0.15, 0.2) is 0 Å². The molecule has 0 aromatic heterocycles. The van der Waals surface area contributed by atoms with Crippen LogP contribution in [0.2, 0.25) is 5.02 Å². The van der Waals surface area contributed by atoms with Crippen LogP contribution in [0.4, 0.5) is 5.69 Å². The summed E-state index contributed by atoms with van der Waals surface area (Å²) in [5, 5.41) is 0.830. The Morgan fingerprint density at radius 1 is 1.28 bits per heavy atom. The molecule has 1 heterocycles. The van der Waals surface area contributed by atoms with Crippen molar-refractivity contribution in [1.29, 1.82) is 0 Å². The molecule has 2 rings (SSSR count). The van der Waals surface area contributed by atoms with E-state index in [9.17, 15) is 0 Å². The molecule has 100 valence electrons. The molecule has 0 spiro atoms. The number of hydrogen-bond donors (Lipinski definition) is 0. The van der Waals surface area contributed by atoms with Crippen molar-refractivity contribution in [3.63, 3.8) is 0 Å². The fraction of sp³-hybridized carbons (Fsp3) is 0.600. The van der Waals surface area contributed by atoms with E-state index in [2.05, 4.69) is 24.8 Å². The Labute approximate surface area is 120 Å². The van der Waals surface area contributed by atoms with Crippen LogP contribution in [-0.2, 0) is 5.88 Å². The Hall–Kier alpha value is -0.400. The zero-order valence-corrected chi connectivity index (χ0v) is 12.7. The van der Waals surface area contributed by atoms with Gasteiger partial charge in [0.05, 0.1) is 10.7 Å². The molecular weight excluding hydrogens is 265 g/mol. The minimum Gasteiger partial charge on any atom is -0.369 e. The van der Waals surface area contributed by atoms with Gasteiger partial charge in [-0.15, -0.1) is 11.6 Å². The van der Waals surface area contributed by atoms with E-state index in [4.69, 9.17) is 23.2 Å². The first-order valence-electron chi connectivity index (χ1n) is 6.74. The summed E-state index contributed by atoms with van der Waals surface area (Å²) >= 11 is 12.4. The van der Waals surface area contributed by atoms with E-state index in [1.165, 1.54) is 19.3 Å². The number of halogens is 2. The van der Waals surface area contributed by atoms with Gasteiger partial charge < -0.3 is 4.90 Å². The summed E-state index contributed by atoms with van der Waals surface area (Å²) in [5.41, 5.74) is 2.76. The highest BCUT2D eigenvalue weighted by atomic mass is 35.5. The largest absolute Gasteiger partial charge is 0.369 e. The number of anilines is 1. The molecule has 1 saturated heterocycles. The van der Waals surface area contributed by atoms with Crippen molar-refractivity contribution < 1.29 is 0 Å². The van der Waals surface area contributed by atoms with E-state index in [1.54, 1.807) is 0 Å². The molecular formula is C15H21Cl2N. The van der Waals surface area contributed by atoms with E-state index >= 15 is 0 Å². The minimum atomic E-state index is 0.461. The van der Waals surface area contributed by atoms with E-state index in [0.29, 0.717) is 11.3 Å². The maximum absolute atomic E-state index is 6.37. The second-order valence-corrected chi connectivity index (χ2v) is 5.93. The van der Waals surface area contributed by atoms with Crippen molar-refractivity contribution in [1.82, 2.24) is 0 Å². The van der Waals surface area contributed by atoms with E-state index in [-0.39, 0.29) is 0 Å². The summed E-state index contributed by atoms with van der Waals surface area (Å²) in [6, 6.07) is 6.02. The summed E-state index contributed by atoms with van der Waals surface area (Å²) in [6.45, 7) is 6.78. The first-order valence-corrected chi connectivity index (χ1v) is 7.65. The number of nitrogens with zero attached hydrogens (tertiary/aromatic N) is 1. The van der Waals surface area contributed by atoms with Crippen LogP contribution in [0.3, 0.4) is 0 Å². The molecule has 18 heavy (non-hydrogen) atoms. The third-order valence-electron chi connectivity index (χ3n) is 4.47. The van der Waals surface area contributed by atoms with Crippen molar-refractivity contribution in [2.24, 2.45) is 5.41 Å². The Kier molecular flexibility index (Phi) is 4.45. The molecule has 0 saturated carbocycles. The average Bonchev–Trinajstić information content (AvgIpc) is 2.83. The van der Waals surface area contributed by atoms with Crippen molar-refractivity contribution in [2.75, 3.05) is 18.0 Å². The molecule has 0 radical (unpaired) electrons. The van der Waals surface area contributed by atoms with E-state index in [0.717, 1.165) is 29.4 Å². The Morgan fingerprint density at radius 3 is 2.56 bits per heavy atom. The van der Waals surface area contributed by atoms with Crippen LogP contribution >= 0.6 is 23.2 Å². The molecule has 0 unspecified atom stereocenters. The van der Waals surface area contributed by atoms with Gasteiger partial charge in [0.1, 0.15) is 0 Å². The van der Waals surface area contributed by atoms with Crippen LogP contribution in [0.25, 0.3) is 0 Å². The lowest BCUT2D eigenvalue weighted by molar-refractivity contribution is 0.301. The lowest BCUT2D eigenvalue weighted by Crippen LogP contribution is -2.27. The zero-order valence-electron chi connectivity index (χ0n) is 11.2. The van der Waals surface area contributed by atoms with E-state index < -0.39 is 0 Å². The highest BCUT2D eigenvalue weighted by molar-refractivity contribution is 6.33. The molecule has 0 bridgehead atoms. The van der Waals surface area contributed by atoms with Crippen LogP contribution in [-0.4, -0.2) is 13.1 Å². The van der Waals surface area contributed by atoms with Gasteiger partial charge in [-0.2, -0.15) is 0 Å². The van der Waals surface area contributed by atoms with Gasteiger partial charge in [-0.05, 0) is 36.3 Å². The van der Waals surface area contributed by atoms with Gasteiger partial charge in [0.2, 0.25) is 0 Å². The Bertz CT molecular complexity index is 413. The second-order valence-electron chi connectivity index (χ2n) is 5.26. The summed E-state index contributed by atoms with van der Waals surface area (Å²) in [5.74, 6) is 0.525. The van der Waals surface area contributed by atoms with Crippen LogP contribution in [0.5, 0.6) is 0 Å². The predicted octanol–water partition coefficient (Wildman–Crippen LogP) is 5.10. The van der Waals surface area contributed by atoms with E-state index in [1.807, 2.05) is 12.1 Å². The summed E-state index contributed by atoms with van der Waals surface area (Å²) < 4.78 is 0. The number of alkyl halides is 1. The standard InChI is InChI=1S/C15H21Cl2N/c1-3-15(4-2)8-9-18(11-15)14-12(10-16)6-5-7-13(14)17/h5-7H,3-4,8-11H2,1-2H3. The van der Waals surface area contributed by atoms with Crippen LogP contribution in [0.1, 0.15) is 38.7 Å². The van der Waals surface area contributed by atoms with Gasteiger partial charge in [0.25, 0.3) is 0 Å². The zero-order chi connectivity index (χ0) is 13.2. The lowest BCUT2D eigenvalue weighted by atomic mass is 9.82. The Morgan fingerprint density at radius 2 is 2.00 bits per heavy atom. The maximum Gasteiger partial charge on any atom is 0.0642 e. The van der Waals surface area contributed by atoms with Gasteiger partial charge in [-0.3, -0.25) is 0 Å². The molecule has 0 amide bonds. The summed E-state index contributed by atoms with van der Waals surface area (Å²) in [4.78, 5) is 2.42. The van der Waals surface area contributed by atoms with Gasteiger partial charge in [0, 0.05) is 19.0 Å². The predicted molar refractivity (Wildman–Crippen MR) is 80.9 cm³/mol. The molecule has 1 fully saturated rings. The highest BCUT2D eigenvalue weighted by Gasteiger charge is 2.36. The molecule has 1 aliphatic heterocycles. The monoisotopic (exact) mass is 285 g/mol. The third kappa shape index (κ3) is 2.48. The summed E-state index contributed by atoms with van der Waals surface area (Å²) in [7, 11) is 0. The van der Waals surface area contributed by atoms with Crippen molar-refractivity contribution in [2.45, 2.75) is 39.0 Å². The van der Waals surface area contributed by atoms with Crippen molar-refractivity contribution >= 4 is 28.9 Å². The highest BCUT2D eigenvalue weighted by Crippen LogP contribution is 2.42. The fourth-order valence-electron chi connectivity index (χ4n) is 2.98. The van der Waals surface area contributed by atoms with Crippen LogP contribution in [0.15, 0.2) is 18.2 Å². The number of benzene rings is 1. The molecule has 1 aliphatic rings. The first-order chi connectivity index (χ1) is 8.65. The Balaban J connectivity index is 2.29. The molecule has 0 N–H and O–H groups in total. The molecule has 1 aromatic carbocycles. The molecule has 0 aliphatic carbocycles. The van der Waals surface area contributed by atoms with Gasteiger partial charge >= 0.3 is 0 Å². The maximum atomic E-state index is 6.37. The SMILES string of the molecule is CCC1(CC)CCN(c2c(Cl)cccc2CCl)C1. The van der Waals surface area contributed by atoms with Gasteiger partial charge in [-0.25, -0.2) is 0 Å². The number of para-hydroxylation sites is 1. The first kappa shape index (κ1) is 14.0. The quantitative estimate of drug-likeness (QED) is 0.696. The van der Waals surface area contributed by atoms with Gasteiger partial charge in [-0.1, -0.05) is 37.6 Å². The molecule has 0 atom stereocenters. The number of hydrogen-bond acceptors (Lipinski definition) is 1. The smallest absolute Gasteiger partial charge is 0.0642 e. The number of rotatable bonds is 4. The molecule has 1 nitrogen and oxygen atoms in total. The van der Waals surface area contributed by atoms with Crippen LogP contribution in [0, 0.1) is 5.41 Å². The topological polar surface area (TPSA) is 3.24 Å². The minimum absolute atomic E-state index is 0.461. The normalized spacial score (nSPS) is 18.3. The lowest BCUT2D eigenvalue weighted by Gasteiger charge is -2.28. The average molecular weight is 286 g/mol. The molecule has 3 heteroatoms. The van der Waals surface area contributed by atoms with Crippen LogP contribution < -0.4 is 4.90 Å².